The van der Waals surface area contributed by atoms with E-state index >= 15 is 0 Å². The predicted octanol–water partition coefficient (Wildman–Crippen LogP) is 4.80. The zero-order valence-electron chi connectivity index (χ0n) is 13.4. The summed E-state index contributed by atoms with van der Waals surface area (Å²) in [5.74, 6) is 1.58. The molecule has 25 heavy (non-hydrogen) atoms. The van der Waals surface area contributed by atoms with Gasteiger partial charge < -0.3 is 10.1 Å². The number of hydrogen-bond donors (Lipinski definition) is 2. The summed E-state index contributed by atoms with van der Waals surface area (Å²) >= 11 is 5.19. The van der Waals surface area contributed by atoms with Crippen molar-refractivity contribution in [1.29, 1.82) is 0 Å². The first-order valence-corrected chi connectivity index (χ1v) is 8.18. The number of benzene rings is 3. The Morgan fingerprint density at radius 3 is 2.08 bits per heavy atom. The summed E-state index contributed by atoms with van der Waals surface area (Å²) in [7, 11) is 0. The molecule has 0 fully saturated rings. The molecular weight excluding hydrogens is 330 g/mol. The topological polar surface area (TPSA) is 45.7 Å². The highest BCUT2D eigenvalue weighted by atomic mass is 32.1. The van der Waals surface area contributed by atoms with Gasteiger partial charge in [0.25, 0.3) is 0 Å². The van der Waals surface area contributed by atoms with E-state index < -0.39 is 0 Å². The minimum atomic E-state index is 0.437. The molecule has 0 radical (unpaired) electrons. The van der Waals surface area contributed by atoms with Crippen LogP contribution in [-0.2, 0) is 0 Å². The minimum Gasteiger partial charge on any atom is -0.457 e. The largest absolute Gasteiger partial charge is 0.457 e. The number of nitrogens with zero attached hydrogens (tertiary/aromatic N) is 1. The van der Waals surface area contributed by atoms with Gasteiger partial charge in [0, 0.05) is 5.69 Å². The van der Waals surface area contributed by atoms with E-state index in [1.807, 2.05) is 84.9 Å². The fourth-order valence-electron chi connectivity index (χ4n) is 2.09. The number of para-hydroxylation sites is 2. The van der Waals surface area contributed by atoms with E-state index in [1.165, 1.54) is 0 Å². The second kappa shape index (κ2) is 8.61. The van der Waals surface area contributed by atoms with Gasteiger partial charge in [-0.05, 0) is 66.3 Å². The van der Waals surface area contributed by atoms with E-state index in [-0.39, 0.29) is 0 Å². The molecule has 0 atom stereocenters. The van der Waals surface area contributed by atoms with Crippen molar-refractivity contribution < 1.29 is 4.74 Å². The van der Waals surface area contributed by atoms with Crippen LogP contribution in [-0.4, -0.2) is 11.3 Å². The molecule has 2 N–H and O–H groups in total. The van der Waals surface area contributed by atoms with Crippen LogP contribution in [0.1, 0.15) is 5.56 Å². The van der Waals surface area contributed by atoms with Crippen LogP contribution in [0.3, 0.4) is 0 Å². The molecule has 0 aliphatic rings. The van der Waals surface area contributed by atoms with Gasteiger partial charge in [0.05, 0.1) is 6.21 Å². The van der Waals surface area contributed by atoms with E-state index in [0.717, 1.165) is 22.7 Å². The third kappa shape index (κ3) is 5.44. The molecule has 3 rings (SSSR count). The highest BCUT2D eigenvalue weighted by Crippen LogP contribution is 2.20. The average molecular weight is 347 g/mol. The Morgan fingerprint density at radius 1 is 0.800 bits per heavy atom. The lowest BCUT2D eigenvalue weighted by Gasteiger charge is -2.06. The molecule has 3 aromatic carbocycles. The van der Waals surface area contributed by atoms with E-state index in [2.05, 4.69) is 15.8 Å². The lowest BCUT2D eigenvalue weighted by molar-refractivity contribution is 0.482. The summed E-state index contributed by atoms with van der Waals surface area (Å²) in [6.45, 7) is 0. The third-order valence-corrected chi connectivity index (χ3v) is 3.46. The van der Waals surface area contributed by atoms with Crippen molar-refractivity contribution in [3.05, 3.63) is 90.5 Å². The third-order valence-electron chi connectivity index (χ3n) is 3.27. The maximum Gasteiger partial charge on any atom is 0.191 e. The predicted molar refractivity (Wildman–Crippen MR) is 106 cm³/mol. The van der Waals surface area contributed by atoms with Crippen LogP contribution in [0.2, 0.25) is 0 Å². The summed E-state index contributed by atoms with van der Waals surface area (Å²) in [6.07, 6.45) is 1.70. The van der Waals surface area contributed by atoms with Gasteiger partial charge in [-0.3, -0.25) is 5.43 Å². The van der Waals surface area contributed by atoms with E-state index in [9.17, 15) is 0 Å². The van der Waals surface area contributed by atoms with Crippen LogP contribution in [0.4, 0.5) is 5.69 Å². The molecule has 0 amide bonds. The molecule has 3 aromatic rings. The second-order valence-corrected chi connectivity index (χ2v) is 5.58. The van der Waals surface area contributed by atoms with Crippen LogP contribution >= 0.6 is 12.2 Å². The van der Waals surface area contributed by atoms with Gasteiger partial charge in [-0.15, -0.1) is 0 Å². The highest BCUT2D eigenvalue weighted by Gasteiger charge is 1.97. The van der Waals surface area contributed by atoms with E-state index in [4.69, 9.17) is 17.0 Å². The fourth-order valence-corrected chi connectivity index (χ4v) is 2.26. The lowest BCUT2D eigenvalue weighted by atomic mass is 10.2. The van der Waals surface area contributed by atoms with Crippen LogP contribution in [0.5, 0.6) is 11.5 Å². The Bertz CT molecular complexity index is 834. The number of hydrazone groups is 1. The van der Waals surface area contributed by atoms with Crippen molar-refractivity contribution in [1.82, 2.24) is 5.43 Å². The molecule has 0 saturated carbocycles. The Hall–Kier alpha value is -3.18. The first-order valence-electron chi connectivity index (χ1n) is 7.78. The second-order valence-electron chi connectivity index (χ2n) is 5.17. The molecule has 0 aliphatic carbocycles. The number of nitrogens with one attached hydrogen (secondary N) is 2. The number of ether oxygens (including phenoxy) is 1. The molecule has 4 nitrogen and oxygen atoms in total. The zero-order valence-corrected chi connectivity index (χ0v) is 14.2. The molecule has 0 bridgehead atoms. The first-order chi connectivity index (χ1) is 12.3. The Labute approximate surface area is 152 Å². The summed E-state index contributed by atoms with van der Waals surface area (Å²) in [5, 5.41) is 7.62. The summed E-state index contributed by atoms with van der Waals surface area (Å²) in [5.41, 5.74) is 4.65. The van der Waals surface area contributed by atoms with Crippen LogP contribution < -0.4 is 15.5 Å². The summed E-state index contributed by atoms with van der Waals surface area (Å²) in [6, 6.07) is 27.0. The SMILES string of the molecule is S=C(N/N=C/c1ccc(Oc2ccccc2)cc1)Nc1ccccc1. The van der Waals surface area contributed by atoms with Gasteiger partial charge in [-0.1, -0.05) is 36.4 Å². The molecule has 0 aromatic heterocycles. The van der Waals surface area contributed by atoms with E-state index in [0.29, 0.717) is 5.11 Å². The molecule has 0 aliphatic heterocycles. The van der Waals surface area contributed by atoms with Gasteiger partial charge in [0.1, 0.15) is 11.5 Å². The van der Waals surface area contributed by atoms with Crippen LogP contribution in [0.15, 0.2) is 90.0 Å². The van der Waals surface area contributed by atoms with Crippen molar-refractivity contribution in [3.63, 3.8) is 0 Å². The van der Waals surface area contributed by atoms with Crippen molar-refractivity contribution in [3.8, 4) is 11.5 Å². The van der Waals surface area contributed by atoms with Crippen molar-refractivity contribution >= 4 is 29.2 Å². The monoisotopic (exact) mass is 347 g/mol. The van der Waals surface area contributed by atoms with Gasteiger partial charge in [-0.25, -0.2) is 0 Å². The van der Waals surface area contributed by atoms with Crippen molar-refractivity contribution in [2.75, 3.05) is 5.32 Å². The van der Waals surface area contributed by atoms with Crippen molar-refractivity contribution in [2.45, 2.75) is 0 Å². The van der Waals surface area contributed by atoms with Gasteiger partial charge in [0.2, 0.25) is 0 Å². The number of hydrogen-bond acceptors (Lipinski definition) is 3. The Balaban J connectivity index is 1.51. The molecule has 0 saturated heterocycles. The fraction of sp³-hybridized carbons (Fsp3) is 0. The molecule has 0 heterocycles. The Kier molecular flexibility index (Phi) is 5.74. The summed E-state index contributed by atoms with van der Waals surface area (Å²) < 4.78 is 5.75. The maximum atomic E-state index is 5.75. The molecule has 0 unspecified atom stereocenters. The first kappa shape index (κ1) is 16.7. The van der Waals surface area contributed by atoms with Crippen molar-refractivity contribution in [2.24, 2.45) is 5.10 Å². The zero-order chi connectivity index (χ0) is 17.3. The molecule has 0 spiro atoms. The van der Waals surface area contributed by atoms with E-state index in [1.54, 1.807) is 6.21 Å². The highest BCUT2D eigenvalue weighted by molar-refractivity contribution is 7.80. The normalized spacial score (nSPS) is 10.4. The quantitative estimate of drug-likeness (QED) is 0.395. The number of anilines is 1. The van der Waals surface area contributed by atoms with Crippen LogP contribution in [0, 0.1) is 0 Å². The smallest absolute Gasteiger partial charge is 0.191 e. The molecule has 124 valence electrons. The average Bonchev–Trinajstić information content (AvgIpc) is 2.65. The number of thiocarbonyl (C=S) groups is 1. The maximum absolute atomic E-state index is 5.75. The lowest BCUT2D eigenvalue weighted by Crippen LogP contribution is -2.23. The standard InChI is InChI=1S/C20H17N3OS/c25-20(22-17-7-3-1-4-8-17)23-21-15-16-11-13-19(14-12-16)24-18-9-5-2-6-10-18/h1-15H,(H2,22,23,25)/b21-15+. The molecule has 5 heteroatoms. The summed E-state index contributed by atoms with van der Waals surface area (Å²) in [4.78, 5) is 0. The minimum absolute atomic E-state index is 0.437. The number of rotatable bonds is 5. The molecular formula is C20H17N3OS. The van der Waals surface area contributed by atoms with Gasteiger partial charge >= 0.3 is 0 Å². The van der Waals surface area contributed by atoms with Gasteiger partial charge in [-0.2, -0.15) is 5.10 Å². The Morgan fingerprint density at radius 2 is 1.40 bits per heavy atom. The van der Waals surface area contributed by atoms with Crippen LogP contribution in [0.25, 0.3) is 0 Å². The van der Waals surface area contributed by atoms with Gasteiger partial charge in [0.15, 0.2) is 5.11 Å².